The van der Waals surface area contributed by atoms with Gasteiger partial charge in [-0.25, -0.2) is 9.59 Å². The average molecular weight is 277 g/mol. The standard InChI is InChI=1S/C13H15N3O4/c1-8(15-13(14)20)12(19)16-10-5-2-9(3-6-10)4-7-11(17)18/h2-8H,1H3,(H,16,19)(H,17,18)(H3,14,15,20)/b7-4+. The molecular weight excluding hydrogens is 262 g/mol. The molecule has 0 aliphatic rings. The highest BCUT2D eigenvalue weighted by atomic mass is 16.4. The third-order valence-corrected chi connectivity index (χ3v) is 2.35. The minimum Gasteiger partial charge on any atom is -0.478 e. The topological polar surface area (TPSA) is 122 Å². The van der Waals surface area contributed by atoms with Crippen molar-refractivity contribution in [1.29, 1.82) is 0 Å². The number of urea groups is 1. The molecule has 5 N–H and O–H groups in total. The second-order valence-corrected chi connectivity index (χ2v) is 4.01. The fourth-order valence-corrected chi connectivity index (χ4v) is 1.37. The fraction of sp³-hybridized carbons (Fsp3) is 0.154. The van der Waals surface area contributed by atoms with Crippen molar-refractivity contribution in [3.05, 3.63) is 35.9 Å². The number of primary amides is 1. The van der Waals surface area contributed by atoms with Crippen LogP contribution in [0.15, 0.2) is 30.3 Å². The molecule has 0 saturated carbocycles. The van der Waals surface area contributed by atoms with Crippen molar-refractivity contribution in [3.63, 3.8) is 0 Å². The number of carboxylic acids is 1. The van der Waals surface area contributed by atoms with Gasteiger partial charge in [0.05, 0.1) is 0 Å². The van der Waals surface area contributed by atoms with Crippen molar-refractivity contribution in [2.45, 2.75) is 13.0 Å². The van der Waals surface area contributed by atoms with Gasteiger partial charge in [-0.05, 0) is 30.7 Å². The molecule has 0 heterocycles. The summed E-state index contributed by atoms with van der Waals surface area (Å²) < 4.78 is 0. The summed E-state index contributed by atoms with van der Waals surface area (Å²) >= 11 is 0. The van der Waals surface area contributed by atoms with E-state index in [1.807, 2.05) is 0 Å². The number of nitrogens with one attached hydrogen (secondary N) is 2. The van der Waals surface area contributed by atoms with E-state index in [4.69, 9.17) is 10.8 Å². The molecule has 1 rings (SSSR count). The number of aliphatic carboxylic acids is 1. The van der Waals surface area contributed by atoms with E-state index in [2.05, 4.69) is 10.6 Å². The fourth-order valence-electron chi connectivity index (χ4n) is 1.37. The van der Waals surface area contributed by atoms with E-state index in [1.54, 1.807) is 24.3 Å². The van der Waals surface area contributed by atoms with Crippen molar-refractivity contribution in [1.82, 2.24) is 5.32 Å². The zero-order valence-electron chi connectivity index (χ0n) is 10.8. The lowest BCUT2D eigenvalue weighted by molar-refractivity contribution is -0.131. The van der Waals surface area contributed by atoms with Crippen molar-refractivity contribution >= 4 is 29.7 Å². The summed E-state index contributed by atoms with van der Waals surface area (Å²) in [7, 11) is 0. The third kappa shape index (κ3) is 5.21. The largest absolute Gasteiger partial charge is 0.478 e. The van der Waals surface area contributed by atoms with E-state index in [0.717, 1.165) is 6.08 Å². The zero-order chi connectivity index (χ0) is 15.1. The molecule has 106 valence electrons. The molecule has 3 amide bonds. The van der Waals surface area contributed by atoms with Gasteiger partial charge in [0.1, 0.15) is 6.04 Å². The smallest absolute Gasteiger partial charge is 0.328 e. The average Bonchev–Trinajstić information content (AvgIpc) is 2.37. The predicted molar refractivity (Wildman–Crippen MR) is 73.9 cm³/mol. The quantitative estimate of drug-likeness (QED) is 0.594. The maximum Gasteiger partial charge on any atom is 0.328 e. The van der Waals surface area contributed by atoms with Crippen LogP contribution in [0.2, 0.25) is 0 Å². The van der Waals surface area contributed by atoms with Gasteiger partial charge in [0.25, 0.3) is 0 Å². The molecule has 0 spiro atoms. The van der Waals surface area contributed by atoms with E-state index in [9.17, 15) is 14.4 Å². The zero-order valence-corrected chi connectivity index (χ0v) is 10.8. The van der Waals surface area contributed by atoms with Crippen LogP contribution < -0.4 is 16.4 Å². The maximum atomic E-state index is 11.7. The molecule has 7 nitrogen and oxygen atoms in total. The Balaban J connectivity index is 2.63. The Kier molecular flexibility index (Phi) is 5.28. The molecule has 0 aliphatic heterocycles. The molecular formula is C13H15N3O4. The normalized spacial score (nSPS) is 11.8. The molecule has 0 aliphatic carbocycles. The third-order valence-electron chi connectivity index (χ3n) is 2.35. The second kappa shape index (κ2) is 6.93. The van der Waals surface area contributed by atoms with E-state index < -0.39 is 23.9 Å². The second-order valence-electron chi connectivity index (χ2n) is 4.01. The van der Waals surface area contributed by atoms with Gasteiger partial charge in [-0.15, -0.1) is 0 Å². The van der Waals surface area contributed by atoms with Gasteiger partial charge in [-0.1, -0.05) is 12.1 Å². The molecule has 1 atom stereocenters. The summed E-state index contributed by atoms with van der Waals surface area (Å²) in [4.78, 5) is 32.6. The Hall–Kier alpha value is -2.83. The molecule has 0 bridgehead atoms. The number of benzene rings is 1. The van der Waals surface area contributed by atoms with Gasteiger partial charge < -0.3 is 21.5 Å². The summed E-state index contributed by atoms with van der Waals surface area (Å²) in [5, 5.41) is 13.3. The number of rotatable bonds is 5. The van der Waals surface area contributed by atoms with Gasteiger partial charge in [0.15, 0.2) is 0 Å². The van der Waals surface area contributed by atoms with Crippen LogP contribution in [0.4, 0.5) is 10.5 Å². The van der Waals surface area contributed by atoms with Crippen LogP contribution in [0.3, 0.4) is 0 Å². The Morgan fingerprint density at radius 1 is 1.25 bits per heavy atom. The van der Waals surface area contributed by atoms with Gasteiger partial charge in [0, 0.05) is 11.8 Å². The lowest BCUT2D eigenvalue weighted by atomic mass is 10.2. The number of carboxylic acid groups (broad SMARTS) is 1. The Labute approximate surface area is 115 Å². The minimum absolute atomic E-state index is 0.405. The number of carbonyl (C=O) groups is 3. The summed E-state index contributed by atoms with van der Waals surface area (Å²) in [6.07, 6.45) is 2.46. The first kappa shape index (κ1) is 15.2. The molecule has 0 aromatic heterocycles. The summed E-state index contributed by atoms with van der Waals surface area (Å²) in [5.41, 5.74) is 6.13. The van der Waals surface area contributed by atoms with Crippen molar-refractivity contribution in [2.24, 2.45) is 5.73 Å². The van der Waals surface area contributed by atoms with Gasteiger partial charge >= 0.3 is 12.0 Å². The molecule has 0 radical (unpaired) electrons. The number of hydrogen-bond donors (Lipinski definition) is 4. The monoisotopic (exact) mass is 277 g/mol. The first-order valence-corrected chi connectivity index (χ1v) is 5.76. The van der Waals surface area contributed by atoms with E-state index >= 15 is 0 Å². The highest BCUT2D eigenvalue weighted by Gasteiger charge is 2.13. The molecule has 1 aromatic carbocycles. The van der Waals surface area contributed by atoms with Crippen molar-refractivity contribution in [3.8, 4) is 0 Å². The molecule has 1 unspecified atom stereocenters. The SMILES string of the molecule is CC(NC(N)=O)C(=O)Nc1ccc(/C=C/C(=O)O)cc1. The molecule has 0 saturated heterocycles. The van der Waals surface area contributed by atoms with Crippen LogP contribution in [0.5, 0.6) is 0 Å². The maximum absolute atomic E-state index is 11.7. The number of carbonyl (C=O) groups excluding carboxylic acids is 2. The number of amides is 3. The molecule has 0 fully saturated rings. The number of hydrogen-bond acceptors (Lipinski definition) is 3. The van der Waals surface area contributed by atoms with Crippen LogP contribution in [0.1, 0.15) is 12.5 Å². The van der Waals surface area contributed by atoms with E-state index in [-0.39, 0.29) is 0 Å². The summed E-state index contributed by atoms with van der Waals surface area (Å²) in [6, 6.07) is 5.02. The van der Waals surface area contributed by atoms with E-state index in [0.29, 0.717) is 11.3 Å². The van der Waals surface area contributed by atoms with E-state index in [1.165, 1.54) is 13.0 Å². The highest BCUT2D eigenvalue weighted by Crippen LogP contribution is 2.11. The van der Waals surface area contributed by atoms with Crippen LogP contribution in [0.25, 0.3) is 6.08 Å². The summed E-state index contributed by atoms with van der Waals surface area (Å²) in [5.74, 6) is -1.44. The lowest BCUT2D eigenvalue weighted by Crippen LogP contribution is -2.44. The Morgan fingerprint density at radius 2 is 1.85 bits per heavy atom. The predicted octanol–water partition coefficient (Wildman–Crippen LogP) is 0.780. The highest BCUT2D eigenvalue weighted by molar-refractivity contribution is 5.96. The first-order valence-electron chi connectivity index (χ1n) is 5.76. The number of anilines is 1. The Bertz CT molecular complexity index is 537. The lowest BCUT2D eigenvalue weighted by Gasteiger charge is -2.12. The summed E-state index contributed by atoms with van der Waals surface area (Å²) in [6.45, 7) is 1.50. The molecule has 7 heteroatoms. The number of nitrogens with two attached hydrogens (primary N) is 1. The first-order chi connectivity index (χ1) is 9.38. The van der Waals surface area contributed by atoms with Gasteiger partial charge in [0.2, 0.25) is 5.91 Å². The van der Waals surface area contributed by atoms with Crippen LogP contribution in [-0.2, 0) is 9.59 Å². The Morgan fingerprint density at radius 3 is 2.35 bits per heavy atom. The van der Waals surface area contributed by atoms with Gasteiger partial charge in [-0.2, -0.15) is 0 Å². The van der Waals surface area contributed by atoms with Crippen LogP contribution in [0, 0.1) is 0 Å². The molecule has 1 aromatic rings. The minimum atomic E-state index is -1.03. The van der Waals surface area contributed by atoms with Crippen molar-refractivity contribution < 1.29 is 19.5 Å². The van der Waals surface area contributed by atoms with Crippen LogP contribution >= 0.6 is 0 Å². The van der Waals surface area contributed by atoms with Crippen molar-refractivity contribution in [2.75, 3.05) is 5.32 Å². The van der Waals surface area contributed by atoms with Crippen LogP contribution in [-0.4, -0.2) is 29.1 Å². The van der Waals surface area contributed by atoms with Gasteiger partial charge in [-0.3, -0.25) is 4.79 Å². The molecule has 20 heavy (non-hydrogen) atoms.